The molecule has 5 aromatic rings. The van der Waals surface area contributed by atoms with Crippen molar-refractivity contribution in [2.24, 2.45) is 0 Å². The molecule has 3 aromatic carbocycles. The molecule has 34 heavy (non-hydrogen) atoms. The standard InChI is InChI=1S/C26H21N3O4S/c1-15(18-7-8-20-14-21(32-3)10-9-19(20)13-18)24-27-26-29(28-24)25(31)23(34-26)12-17-5-4-6-22(11-17)33-16(2)30/h4-15H,1-3H3/b23-12-. The molecule has 170 valence electrons. The third-order valence-corrected chi connectivity index (χ3v) is 6.53. The van der Waals surface area contributed by atoms with Crippen molar-refractivity contribution in [1.29, 1.82) is 0 Å². The predicted molar refractivity (Wildman–Crippen MR) is 132 cm³/mol. The summed E-state index contributed by atoms with van der Waals surface area (Å²) in [7, 11) is 1.65. The van der Waals surface area contributed by atoms with Gasteiger partial charge < -0.3 is 9.47 Å². The minimum Gasteiger partial charge on any atom is -0.497 e. The zero-order valence-electron chi connectivity index (χ0n) is 18.8. The van der Waals surface area contributed by atoms with E-state index in [0.717, 1.165) is 27.6 Å². The molecule has 0 radical (unpaired) electrons. The van der Waals surface area contributed by atoms with E-state index < -0.39 is 5.97 Å². The third kappa shape index (κ3) is 4.15. The Labute approximate surface area is 198 Å². The van der Waals surface area contributed by atoms with Crippen LogP contribution in [0.25, 0.3) is 21.8 Å². The lowest BCUT2D eigenvalue weighted by atomic mass is 9.97. The zero-order chi connectivity index (χ0) is 23.8. The van der Waals surface area contributed by atoms with E-state index in [0.29, 0.717) is 21.1 Å². The number of hydrogen-bond acceptors (Lipinski definition) is 7. The number of benzene rings is 3. The number of esters is 1. The first-order valence-electron chi connectivity index (χ1n) is 10.7. The number of fused-ring (bicyclic) bond motifs is 2. The van der Waals surface area contributed by atoms with Crippen LogP contribution in [0.5, 0.6) is 11.5 Å². The Kier molecular flexibility index (Phi) is 5.59. The Balaban J connectivity index is 1.47. The van der Waals surface area contributed by atoms with E-state index in [1.54, 1.807) is 31.4 Å². The van der Waals surface area contributed by atoms with Crippen molar-refractivity contribution < 1.29 is 14.3 Å². The lowest BCUT2D eigenvalue weighted by Gasteiger charge is -2.10. The molecule has 2 aromatic heterocycles. The van der Waals surface area contributed by atoms with Crippen LogP contribution in [0.4, 0.5) is 0 Å². The van der Waals surface area contributed by atoms with Crippen LogP contribution < -0.4 is 19.6 Å². The maximum Gasteiger partial charge on any atom is 0.308 e. The number of carbonyl (C=O) groups is 1. The summed E-state index contributed by atoms with van der Waals surface area (Å²) < 4.78 is 12.3. The monoisotopic (exact) mass is 471 g/mol. The van der Waals surface area contributed by atoms with Gasteiger partial charge in [0.25, 0.3) is 5.56 Å². The molecule has 0 aliphatic heterocycles. The molecule has 0 aliphatic rings. The molecule has 0 amide bonds. The summed E-state index contributed by atoms with van der Waals surface area (Å²) >= 11 is 1.28. The van der Waals surface area contributed by atoms with Gasteiger partial charge >= 0.3 is 5.97 Å². The van der Waals surface area contributed by atoms with Crippen LogP contribution in [0, 0.1) is 0 Å². The normalized spacial score (nSPS) is 12.9. The van der Waals surface area contributed by atoms with Crippen molar-refractivity contribution in [3.05, 3.63) is 92.5 Å². The van der Waals surface area contributed by atoms with Gasteiger partial charge in [-0.3, -0.25) is 9.59 Å². The quantitative estimate of drug-likeness (QED) is 0.285. The van der Waals surface area contributed by atoms with Gasteiger partial charge in [-0.05, 0) is 52.2 Å². The predicted octanol–water partition coefficient (Wildman–Crippen LogP) is 3.94. The fourth-order valence-corrected chi connectivity index (χ4v) is 4.72. The van der Waals surface area contributed by atoms with Crippen LogP contribution in [0.1, 0.15) is 36.7 Å². The van der Waals surface area contributed by atoms with Gasteiger partial charge in [-0.25, -0.2) is 4.98 Å². The van der Waals surface area contributed by atoms with Crippen molar-refractivity contribution in [2.75, 3.05) is 7.11 Å². The van der Waals surface area contributed by atoms with Gasteiger partial charge in [0.2, 0.25) is 4.96 Å². The highest BCUT2D eigenvalue weighted by Crippen LogP contribution is 2.27. The lowest BCUT2D eigenvalue weighted by molar-refractivity contribution is -0.131. The summed E-state index contributed by atoms with van der Waals surface area (Å²) in [5.74, 6) is 1.37. The first kappa shape index (κ1) is 21.8. The van der Waals surface area contributed by atoms with E-state index in [1.165, 1.54) is 22.8 Å². The Bertz CT molecular complexity index is 1650. The van der Waals surface area contributed by atoms with E-state index in [4.69, 9.17) is 9.47 Å². The summed E-state index contributed by atoms with van der Waals surface area (Å²) in [6.45, 7) is 3.38. The van der Waals surface area contributed by atoms with Crippen LogP contribution >= 0.6 is 11.3 Å². The molecule has 1 unspecified atom stereocenters. The third-order valence-electron chi connectivity index (χ3n) is 5.57. The van der Waals surface area contributed by atoms with Crippen LogP contribution in [0.2, 0.25) is 0 Å². The lowest BCUT2D eigenvalue weighted by Crippen LogP contribution is -2.24. The number of carbonyl (C=O) groups excluding carboxylic acids is 1. The molecule has 0 bridgehead atoms. The fourth-order valence-electron chi connectivity index (χ4n) is 3.81. The number of rotatable bonds is 5. The van der Waals surface area contributed by atoms with Crippen molar-refractivity contribution >= 4 is 39.1 Å². The molecular formula is C26H21N3O4S. The number of hydrogen-bond donors (Lipinski definition) is 0. The summed E-state index contributed by atoms with van der Waals surface area (Å²) in [5, 5.41) is 6.70. The molecule has 2 heterocycles. The number of thiazole rings is 1. The molecule has 0 spiro atoms. The Hall–Kier alpha value is -4.04. The topological polar surface area (TPSA) is 82.8 Å². The highest BCUT2D eigenvalue weighted by atomic mass is 32.1. The van der Waals surface area contributed by atoms with Gasteiger partial charge in [0, 0.05) is 12.8 Å². The molecule has 0 N–H and O–H groups in total. The van der Waals surface area contributed by atoms with Crippen LogP contribution in [-0.4, -0.2) is 27.7 Å². The molecule has 0 fully saturated rings. The van der Waals surface area contributed by atoms with E-state index in [9.17, 15) is 9.59 Å². The van der Waals surface area contributed by atoms with Crippen molar-refractivity contribution in [3.63, 3.8) is 0 Å². The fraction of sp³-hybridized carbons (Fsp3) is 0.154. The molecule has 1 atom stereocenters. The average Bonchev–Trinajstić information content (AvgIpc) is 3.37. The molecule has 0 saturated heterocycles. The summed E-state index contributed by atoms with van der Waals surface area (Å²) in [5.41, 5.74) is 1.59. The van der Waals surface area contributed by atoms with Crippen LogP contribution in [0.3, 0.4) is 0 Å². The molecular weight excluding hydrogens is 450 g/mol. The number of methoxy groups -OCH3 is 1. The van der Waals surface area contributed by atoms with Gasteiger partial charge in [-0.15, -0.1) is 5.10 Å². The zero-order valence-corrected chi connectivity index (χ0v) is 19.6. The summed E-state index contributed by atoms with van der Waals surface area (Å²) in [6.07, 6.45) is 1.75. The average molecular weight is 472 g/mol. The highest BCUT2D eigenvalue weighted by Gasteiger charge is 2.18. The van der Waals surface area contributed by atoms with Gasteiger partial charge in [0.1, 0.15) is 11.5 Å². The van der Waals surface area contributed by atoms with Gasteiger partial charge in [-0.2, -0.15) is 4.52 Å². The molecule has 8 heteroatoms. The molecule has 0 saturated carbocycles. The van der Waals surface area contributed by atoms with E-state index in [2.05, 4.69) is 28.3 Å². The molecule has 7 nitrogen and oxygen atoms in total. The number of nitrogens with zero attached hydrogens (tertiary/aromatic N) is 3. The van der Waals surface area contributed by atoms with E-state index in [1.807, 2.05) is 31.2 Å². The second-order valence-electron chi connectivity index (χ2n) is 7.94. The van der Waals surface area contributed by atoms with Crippen LogP contribution in [0.15, 0.2) is 65.5 Å². The maximum atomic E-state index is 12.9. The van der Waals surface area contributed by atoms with E-state index in [-0.39, 0.29) is 11.5 Å². The van der Waals surface area contributed by atoms with Gasteiger partial charge in [-0.1, -0.05) is 54.7 Å². The second-order valence-corrected chi connectivity index (χ2v) is 8.95. The smallest absolute Gasteiger partial charge is 0.308 e. The molecule has 5 rings (SSSR count). The Morgan fingerprint density at radius 2 is 1.85 bits per heavy atom. The minimum atomic E-state index is -0.395. The SMILES string of the molecule is COc1ccc2cc(C(C)c3nc4s/c(=C\c5cccc(OC(C)=O)c5)c(=O)n4n3)ccc2c1. The van der Waals surface area contributed by atoms with Crippen molar-refractivity contribution in [2.45, 2.75) is 19.8 Å². The maximum absolute atomic E-state index is 12.9. The van der Waals surface area contributed by atoms with Crippen molar-refractivity contribution in [3.8, 4) is 11.5 Å². The second kappa shape index (κ2) is 8.72. The first-order chi connectivity index (χ1) is 16.4. The number of aromatic nitrogens is 3. The van der Waals surface area contributed by atoms with Crippen molar-refractivity contribution in [1.82, 2.24) is 14.6 Å². The van der Waals surface area contributed by atoms with Crippen LogP contribution in [-0.2, 0) is 4.79 Å². The largest absolute Gasteiger partial charge is 0.497 e. The molecule has 0 aliphatic carbocycles. The Morgan fingerprint density at radius 1 is 1.06 bits per heavy atom. The van der Waals surface area contributed by atoms with Gasteiger partial charge in [0.15, 0.2) is 5.82 Å². The summed E-state index contributed by atoms with van der Waals surface area (Å²) in [6, 6.07) is 19.2. The first-order valence-corrected chi connectivity index (χ1v) is 11.5. The summed E-state index contributed by atoms with van der Waals surface area (Å²) in [4.78, 5) is 29.3. The van der Waals surface area contributed by atoms with Gasteiger partial charge in [0.05, 0.1) is 11.6 Å². The highest BCUT2D eigenvalue weighted by molar-refractivity contribution is 7.15. The minimum absolute atomic E-state index is 0.0779. The number of ether oxygens (including phenoxy) is 2. The van der Waals surface area contributed by atoms with E-state index >= 15 is 0 Å². The Morgan fingerprint density at radius 3 is 2.62 bits per heavy atom.